The van der Waals surface area contributed by atoms with Gasteiger partial charge in [0.15, 0.2) is 0 Å². The molecule has 0 spiro atoms. The van der Waals surface area contributed by atoms with Gasteiger partial charge in [-0.2, -0.15) is 0 Å². The van der Waals surface area contributed by atoms with Crippen LogP contribution in [0.2, 0.25) is 0 Å². The normalized spacial score (nSPS) is 22.9. The van der Waals surface area contributed by atoms with Crippen molar-refractivity contribution in [3.05, 3.63) is 0 Å². The maximum Gasteiger partial charge on any atom is 0.00670 e. The van der Waals surface area contributed by atoms with Crippen molar-refractivity contribution >= 4 is 0 Å². The topological polar surface area (TPSA) is 12.0 Å². The second kappa shape index (κ2) is 12.5. The van der Waals surface area contributed by atoms with Gasteiger partial charge in [-0.15, -0.1) is 0 Å². The predicted octanol–water partition coefficient (Wildman–Crippen LogP) is 6.32. The third-order valence-electron chi connectivity index (χ3n) is 5.34. The Balaban J connectivity index is 2.16. The van der Waals surface area contributed by atoms with Crippen molar-refractivity contribution in [3.8, 4) is 0 Å². The van der Waals surface area contributed by atoms with E-state index in [1.54, 1.807) is 0 Å². The van der Waals surface area contributed by atoms with E-state index in [4.69, 9.17) is 0 Å². The van der Waals surface area contributed by atoms with E-state index in [1.807, 2.05) is 0 Å². The van der Waals surface area contributed by atoms with Gasteiger partial charge in [-0.05, 0) is 44.1 Å². The number of nitrogens with one attached hydrogen (secondary N) is 1. The molecule has 2 unspecified atom stereocenters. The first-order valence-electron chi connectivity index (χ1n) is 9.99. The molecule has 0 bridgehead atoms. The molecule has 1 aliphatic carbocycles. The van der Waals surface area contributed by atoms with Crippen LogP contribution in [0.15, 0.2) is 0 Å². The van der Waals surface area contributed by atoms with Crippen LogP contribution in [0, 0.1) is 11.8 Å². The summed E-state index contributed by atoms with van der Waals surface area (Å²) in [5.41, 5.74) is 0. The number of unbranched alkanes of at least 4 members (excludes halogenated alkanes) is 4. The van der Waals surface area contributed by atoms with E-state index in [0.717, 1.165) is 17.9 Å². The molecule has 1 saturated carbocycles. The van der Waals surface area contributed by atoms with E-state index in [0.29, 0.717) is 0 Å². The largest absolute Gasteiger partial charge is 0.314 e. The Bertz CT molecular complexity index is 216. The highest BCUT2D eigenvalue weighted by molar-refractivity contribution is 4.73. The SMILES string of the molecule is CCCCCC(CCCCC)NCCC1CCCC(C)C1. The molecule has 0 aliphatic heterocycles. The minimum atomic E-state index is 0.795. The summed E-state index contributed by atoms with van der Waals surface area (Å²) in [6.45, 7) is 8.33. The Morgan fingerprint density at radius 2 is 1.62 bits per heavy atom. The van der Waals surface area contributed by atoms with Crippen LogP contribution in [0.1, 0.15) is 104 Å². The van der Waals surface area contributed by atoms with Crippen LogP contribution in [0.5, 0.6) is 0 Å². The van der Waals surface area contributed by atoms with Gasteiger partial charge in [-0.3, -0.25) is 0 Å². The van der Waals surface area contributed by atoms with Crippen LogP contribution >= 0.6 is 0 Å². The molecule has 126 valence electrons. The van der Waals surface area contributed by atoms with Gasteiger partial charge in [0.25, 0.3) is 0 Å². The summed E-state index contributed by atoms with van der Waals surface area (Å²) in [4.78, 5) is 0. The summed E-state index contributed by atoms with van der Waals surface area (Å²) >= 11 is 0. The van der Waals surface area contributed by atoms with E-state index in [-0.39, 0.29) is 0 Å². The molecule has 0 aromatic carbocycles. The van der Waals surface area contributed by atoms with E-state index < -0.39 is 0 Å². The van der Waals surface area contributed by atoms with Crippen molar-refractivity contribution in [2.45, 2.75) is 110 Å². The van der Waals surface area contributed by atoms with Gasteiger partial charge < -0.3 is 5.32 Å². The van der Waals surface area contributed by atoms with Gasteiger partial charge >= 0.3 is 0 Å². The summed E-state index contributed by atoms with van der Waals surface area (Å²) < 4.78 is 0. The fraction of sp³-hybridized carbons (Fsp3) is 1.00. The monoisotopic (exact) mass is 295 g/mol. The molecule has 0 heterocycles. The zero-order chi connectivity index (χ0) is 15.3. The molecule has 1 heteroatoms. The minimum absolute atomic E-state index is 0.795. The summed E-state index contributed by atoms with van der Waals surface area (Å²) in [5, 5.41) is 3.90. The van der Waals surface area contributed by atoms with Gasteiger partial charge in [-0.1, -0.05) is 78.6 Å². The fourth-order valence-electron chi connectivity index (χ4n) is 3.94. The second-order valence-corrected chi connectivity index (χ2v) is 7.57. The third-order valence-corrected chi connectivity index (χ3v) is 5.34. The van der Waals surface area contributed by atoms with Crippen molar-refractivity contribution in [3.63, 3.8) is 0 Å². The van der Waals surface area contributed by atoms with Crippen LogP contribution in [0.4, 0.5) is 0 Å². The molecule has 0 radical (unpaired) electrons. The molecule has 1 fully saturated rings. The van der Waals surface area contributed by atoms with E-state index in [9.17, 15) is 0 Å². The number of hydrogen-bond donors (Lipinski definition) is 1. The van der Waals surface area contributed by atoms with E-state index in [2.05, 4.69) is 26.1 Å². The first-order chi connectivity index (χ1) is 10.3. The van der Waals surface area contributed by atoms with Gasteiger partial charge in [-0.25, -0.2) is 0 Å². The Morgan fingerprint density at radius 1 is 0.952 bits per heavy atom. The summed E-state index contributed by atoms with van der Waals surface area (Å²) in [7, 11) is 0. The zero-order valence-corrected chi connectivity index (χ0v) is 15.1. The summed E-state index contributed by atoms with van der Waals surface area (Å²) in [5.74, 6) is 1.99. The smallest absolute Gasteiger partial charge is 0.00670 e. The van der Waals surface area contributed by atoms with E-state index in [1.165, 1.54) is 90.0 Å². The van der Waals surface area contributed by atoms with Crippen LogP contribution in [-0.4, -0.2) is 12.6 Å². The predicted molar refractivity (Wildman–Crippen MR) is 95.8 cm³/mol. The lowest BCUT2D eigenvalue weighted by molar-refractivity contribution is 0.262. The molecule has 1 N–H and O–H groups in total. The zero-order valence-electron chi connectivity index (χ0n) is 15.1. The van der Waals surface area contributed by atoms with Crippen molar-refractivity contribution in [1.29, 1.82) is 0 Å². The molecule has 0 amide bonds. The lowest BCUT2D eigenvalue weighted by Gasteiger charge is -2.27. The maximum absolute atomic E-state index is 3.90. The molecule has 1 nitrogen and oxygen atoms in total. The Morgan fingerprint density at radius 3 is 2.19 bits per heavy atom. The average molecular weight is 296 g/mol. The van der Waals surface area contributed by atoms with Gasteiger partial charge in [0.2, 0.25) is 0 Å². The lowest BCUT2D eigenvalue weighted by atomic mass is 9.81. The van der Waals surface area contributed by atoms with Crippen molar-refractivity contribution in [2.75, 3.05) is 6.54 Å². The molecule has 0 aromatic heterocycles. The lowest BCUT2D eigenvalue weighted by Crippen LogP contribution is -2.31. The second-order valence-electron chi connectivity index (χ2n) is 7.57. The Kier molecular flexibility index (Phi) is 11.3. The molecule has 2 atom stereocenters. The van der Waals surface area contributed by atoms with Crippen LogP contribution < -0.4 is 5.32 Å². The Hall–Kier alpha value is -0.0400. The third kappa shape index (κ3) is 9.55. The molecule has 1 rings (SSSR count). The molecular weight excluding hydrogens is 254 g/mol. The van der Waals surface area contributed by atoms with Crippen LogP contribution in [0.3, 0.4) is 0 Å². The molecule has 21 heavy (non-hydrogen) atoms. The number of rotatable bonds is 12. The van der Waals surface area contributed by atoms with Gasteiger partial charge in [0.1, 0.15) is 0 Å². The van der Waals surface area contributed by atoms with E-state index >= 15 is 0 Å². The quantitative estimate of drug-likeness (QED) is 0.415. The minimum Gasteiger partial charge on any atom is -0.314 e. The van der Waals surface area contributed by atoms with Gasteiger partial charge in [0, 0.05) is 6.04 Å². The highest BCUT2D eigenvalue weighted by Gasteiger charge is 2.18. The molecular formula is C20H41N. The van der Waals surface area contributed by atoms with Gasteiger partial charge in [0.05, 0.1) is 0 Å². The van der Waals surface area contributed by atoms with Crippen LogP contribution in [0.25, 0.3) is 0 Å². The molecule has 0 aromatic rings. The Labute approximate surface area is 134 Å². The summed E-state index contributed by atoms with van der Waals surface area (Å²) in [6, 6.07) is 0.795. The number of hydrogen-bond acceptors (Lipinski definition) is 1. The van der Waals surface area contributed by atoms with Crippen LogP contribution in [-0.2, 0) is 0 Å². The summed E-state index contributed by atoms with van der Waals surface area (Å²) in [6.07, 6.45) is 18.5. The standard InChI is InChI=1S/C20H41N/c1-4-6-8-13-20(14-9-7-5-2)21-16-15-19-12-10-11-18(3)17-19/h18-21H,4-17H2,1-3H3. The highest BCUT2D eigenvalue weighted by Crippen LogP contribution is 2.30. The first kappa shape index (κ1) is 19.0. The van der Waals surface area contributed by atoms with Crippen molar-refractivity contribution < 1.29 is 0 Å². The highest BCUT2D eigenvalue weighted by atomic mass is 14.9. The molecule has 1 aliphatic rings. The van der Waals surface area contributed by atoms with Crippen molar-refractivity contribution in [2.24, 2.45) is 11.8 Å². The molecule has 0 saturated heterocycles. The average Bonchev–Trinajstić information content (AvgIpc) is 2.47. The maximum atomic E-state index is 3.90. The first-order valence-corrected chi connectivity index (χ1v) is 9.99. The fourth-order valence-corrected chi connectivity index (χ4v) is 3.94. The van der Waals surface area contributed by atoms with Crippen molar-refractivity contribution in [1.82, 2.24) is 5.32 Å².